The van der Waals surface area contributed by atoms with E-state index in [1.165, 1.54) is 13.3 Å². The van der Waals surface area contributed by atoms with Crippen LogP contribution in [0.4, 0.5) is 0 Å². The summed E-state index contributed by atoms with van der Waals surface area (Å²) in [6.07, 6.45) is 1.48. The number of hydrogen-bond donors (Lipinski definition) is 2. The fourth-order valence-electron chi connectivity index (χ4n) is 2.24. The van der Waals surface area contributed by atoms with Crippen LogP contribution in [-0.4, -0.2) is 35.4 Å². The van der Waals surface area contributed by atoms with Crippen molar-refractivity contribution in [3.05, 3.63) is 77.5 Å². The lowest BCUT2D eigenvalue weighted by Gasteiger charge is -1.99. The van der Waals surface area contributed by atoms with Crippen LogP contribution < -0.4 is 5.43 Å². The van der Waals surface area contributed by atoms with Gasteiger partial charge in [0.25, 0.3) is 5.91 Å². The standard InChI is InChI=1S/C19H16N4O3/c1-26-19(25)15-9-7-13(8-10-15)12-20-23-18(24)17-11-16(21-22-17)14-5-3-2-4-6-14/h2-12H,1H3,(H,21,22)(H,23,24)/b20-12+. The van der Waals surface area contributed by atoms with Crippen molar-refractivity contribution in [3.63, 3.8) is 0 Å². The molecule has 0 spiro atoms. The van der Waals surface area contributed by atoms with Gasteiger partial charge in [-0.3, -0.25) is 9.89 Å². The Morgan fingerprint density at radius 1 is 1.12 bits per heavy atom. The zero-order valence-electron chi connectivity index (χ0n) is 14.0. The van der Waals surface area contributed by atoms with Crippen molar-refractivity contribution in [2.45, 2.75) is 0 Å². The molecular formula is C19H16N4O3. The van der Waals surface area contributed by atoms with Crippen molar-refractivity contribution in [2.24, 2.45) is 5.10 Å². The molecule has 0 saturated carbocycles. The predicted octanol–water partition coefficient (Wildman–Crippen LogP) is 2.63. The van der Waals surface area contributed by atoms with Gasteiger partial charge in [0.2, 0.25) is 0 Å². The summed E-state index contributed by atoms with van der Waals surface area (Å²) in [6.45, 7) is 0. The third kappa shape index (κ3) is 4.02. The number of carbonyl (C=O) groups excluding carboxylic acids is 2. The van der Waals surface area contributed by atoms with Gasteiger partial charge in [0.05, 0.1) is 24.6 Å². The van der Waals surface area contributed by atoms with Gasteiger partial charge in [0.1, 0.15) is 5.69 Å². The molecule has 0 aliphatic rings. The lowest BCUT2D eigenvalue weighted by atomic mass is 10.1. The van der Waals surface area contributed by atoms with Gasteiger partial charge >= 0.3 is 5.97 Å². The largest absolute Gasteiger partial charge is 0.465 e. The Morgan fingerprint density at radius 3 is 2.54 bits per heavy atom. The Bertz CT molecular complexity index is 931. The van der Waals surface area contributed by atoms with E-state index in [0.717, 1.165) is 11.1 Å². The Hall–Kier alpha value is -3.74. The monoisotopic (exact) mass is 348 g/mol. The Balaban J connectivity index is 1.61. The molecule has 1 amide bonds. The number of hydrazone groups is 1. The number of aromatic amines is 1. The number of benzene rings is 2. The number of rotatable bonds is 5. The van der Waals surface area contributed by atoms with E-state index in [1.54, 1.807) is 30.3 Å². The van der Waals surface area contributed by atoms with Crippen molar-refractivity contribution >= 4 is 18.1 Å². The molecule has 3 aromatic rings. The molecule has 2 N–H and O–H groups in total. The van der Waals surface area contributed by atoms with E-state index >= 15 is 0 Å². The van der Waals surface area contributed by atoms with Gasteiger partial charge in [0, 0.05) is 5.56 Å². The maximum absolute atomic E-state index is 12.1. The van der Waals surface area contributed by atoms with E-state index in [0.29, 0.717) is 17.0 Å². The van der Waals surface area contributed by atoms with Crippen LogP contribution in [0, 0.1) is 0 Å². The van der Waals surface area contributed by atoms with E-state index in [1.807, 2.05) is 30.3 Å². The molecule has 7 nitrogen and oxygen atoms in total. The first-order valence-corrected chi connectivity index (χ1v) is 7.80. The first kappa shape index (κ1) is 17.1. The highest BCUT2D eigenvalue weighted by molar-refractivity contribution is 5.94. The number of H-pyrrole nitrogens is 1. The number of amides is 1. The van der Waals surface area contributed by atoms with Gasteiger partial charge in [-0.1, -0.05) is 42.5 Å². The van der Waals surface area contributed by atoms with E-state index in [4.69, 9.17) is 0 Å². The predicted molar refractivity (Wildman–Crippen MR) is 96.9 cm³/mol. The van der Waals surface area contributed by atoms with Crippen LogP contribution in [0.3, 0.4) is 0 Å². The molecule has 0 saturated heterocycles. The number of ether oxygens (including phenoxy) is 1. The molecule has 0 fully saturated rings. The van der Waals surface area contributed by atoms with Gasteiger partial charge in [-0.25, -0.2) is 10.2 Å². The van der Waals surface area contributed by atoms with Gasteiger partial charge < -0.3 is 4.74 Å². The summed E-state index contributed by atoms with van der Waals surface area (Å²) in [5, 5.41) is 10.7. The fourth-order valence-corrected chi connectivity index (χ4v) is 2.24. The van der Waals surface area contributed by atoms with Crippen LogP contribution in [0.5, 0.6) is 0 Å². The highest BCUT2D eigenvalue weighted by atomic mass is 16.5. The maximum atomic E-state index is 12.1. The molecule has 0 aliphatic heterocycles. The Morgan fingerprint density at radius 2 is 1.85 bits per heavy atom. The minimum Gasteiger partial charge on any atom is -0.465 e. The fraction of sp³-hybridized carbons (Fsp3) is 0.0526. The van der Waals surface area contributed by atoms with Crippen LogP contribution in [0.25, 0.3) is 11.3 Å². The highest BCUT2D eigenvalue weighted by Crippen LogP contribution is 2.16. The number of esters is 1. The average Bonchev–Trinajstić information content (AvgIpc) is 3.19. The molecule has 26 heavy (non-hydrogen) atoms. The van der Waals surface area contributed by atoms with Crippen LogP contribution in [-0.2, 0) is 4.74 Å². The topological polar surface area (TPSA) is 96.4 Å². The molecule has 1 aromatic heterocycles. The molecule has 0 bridgehead atoms. The molecule has 0 radical (unpaired) electrons. The number of aromatic nitrogens is 2. The summed E-state index contributed by atoms with van der Waals surface area (Å²) in [5.74, 6) is -0.808. The molecule has 7 heteroatoms. The minimum atomic E-state index is -0.407. The number of hydrogen-bond acceptors (Lipinski definition) is 5. The third-order valence-electron chi connectivity index (χ3n) is 3.60. The van der Waals surface area contributed by atoms with Crippen LogP contribution >= 0.6 is 0 Å². The van der Waals surface area contributed by atoms with Crippen LogP contribution in [0.15, 0.2) is 65.8 Å². The number of carbonyl (C=O) groups is 2. The van der Waals surface area contributed by atoms with Crippen LogP contribution in [0.1, 0.15) is 26.4 Å². The second-order valence-electron chi connectivity index (χ2n) is 5.35. The van der Waals surface area contributed by atoms with E-state index in [-0.39, 0.29) is 0 Å². The minimum absolute atomic E-state index is 0.307. The van der Waals surface area contributed by atoms with Gasteiger partial charge in [-0.05, 0) is 23.8 Å². The quantitative estimate of drug-likeness (QED) is 0.421. The summed E-state index contributed by atoms with van der Waals surface area (Å²) in [6, 6.07) is 17.8. The molecule has 130 valence electrons. The Kier molecular flexibility index (Phi) is 5.19. The SMILES string of the molecule is COC(=O)c1ccc(/C=N/NC(=O)c2cc(-c3ccccc3)n[nH]2)cc1. The number of nitrogens with one attached hydrogen (secondary N) is 2. The third-order valence-corrected chi connectivity index (χ3v) is 3.60. The smallest absolute Gasteiger partial charge is 0.337 e. The first-order chi connectivity index (χ1) is 12.7. The van der Waals surface area contributed by atoms with Crippen LogP contribution in [0.2, 0.25) is 0 Å². The molecule has 3 rings (SSSR count). The number of methoxy groups -OCH3 is 1. The van der Waals surface area contributed by atoms with Crippen molar-refractivity contribution in [2.75, 3.05) is 7.11 Å². The summed E-state index contributed by atoms with van der Waals surface area (Å²) < 4.78 is 4.63. The average molecular weight is 348 g/mol. The number of nitrogens with zero attached hydrogens (tertiary/aromatic N) is 2. The zero-order valence-corrected chi connectivity index (χ0v) is 14.0. The maximum Gasteiger partial charge on any atom is 0.337 e. The lowest BCUT2D eigenvalue weighted by Crippen LogP contribution is -2.18. The van der Waals surface area contributed by atoms with E-state index in [9.17, 15) is 9.59 Å². The summed E-state index contributed by atoms with van der Waals surface area (Å²) in [7, 11) is 1.33. The second kappa shape index (κ2) is 7.89. The van der Waals surface area contributed by atoms with Crippen molar-refractivity contribution in [1.82, 2.24) is 15.6 Å². The molecular weight excluding hydrogens is 332 g/mol. The summed E-state index contributed by atoms with van der Waals surface area (Å²) in [5.41, 5.74) is 5.50. The zero-order chi connectivity index (χ0) is 18.4. The highest BCUT2D eigenvalue weighted by Gasteiger charge is 2.10. The molecule has 0 atom stereocenters. The molecule has 0 aliphatic carbocycles. The van der Waals surface area contributed by atoms with Crippen molar-refractivity contribution in [1.29, 1.82) is 0 Å². The van der Waals surface area contributed by atoms with E-state index in [2.05, 4.69) is 25.5 Å². The summed E-state index contributed by atoms with van der Waals surface area (Å²) >= 11 is 0. The molecule has 1 heterocycles. The molecule has 0 unspecified atom stereocenters. The van der Waals surface area contributed by atoms with Gasteiger partial charge in [0.15, 0.2) is 0 Å². The second-order valence-corrected chi connectivity index (χ2v) is 5.35. The lowest BCUT2D eigenvalue weighted by molar-refractivity contribution is 0.0600. The van der Waals surface area contributed by atoms with E-state index < -0.39 is 11.9 Å². The van der Waals surface area contributed by atoms with Gasteiger partial charge in [-0.15, -0.1) is 0 Å². The van der Waals surface area contributed by atoms with Crippen molar-refractivity contribution < 1.29 is 14.3 Å². The normalized spacial score (nSPS) is 10.7. The first-order valence-electron chi connectivity index (χ1n) is 7.80. The van der Waals surface area contributed by atoms with Gasteiger partial charge in [-0.2, -0.15) is 10.2 Å². The Labute approximate surface area is 149 Å². The summed E-state index contributed by atoms with van der Waals surface area (Å²) in [4.78, 5) is 23.5. The van der Waals surface area contributed by atoms with Crippen molar-refractivity contribution in [3.8, 4) is 11.3 Å². The molecule has 2 aromatic carbocycles.